The van der Waals surface area contributed by atoms with Crippen LogP contribution in [0.2, 0.25) is 0 Å². The number of amides is 1. The molecule has 32 heavy (non-hydrogen) atoms. The van der Waals surface area contributed by atoms with Crippen LogP contribution in [0.5, 0.6) is 17.4 Å². The third-order valence-corrected chi connectivity index (χ3v) is 5.13. The maximum Gasteiger partial charge on any atom is 0.255 e. The Labute approximate surface area is 187 Å². The number of ether oxygens (including phenoxy) is 3. The van der Waals surface area contributed by atoms with E-state index in [4.69, 9.17) is 14.2 Å². The van der Waals surface area contributed by atoms with E-state index in [0.29, 0.717) is 28.6 Å². The van der Waals surface area contributed by atoms with Crippen LogP contribution in [0.1, 0.15) is 29.8 Å². The molecule has 1 amide bonds. The first-order valence-electron chi connectivity index (χ1n) is 9.92. The van der Waals surface area contributed by atoms with E-state index in [1.807, 2.05) is 32.0 Å². The Morgan fingerprint density at radius 2 is 1.72 bits per heavy atom. The topological polar surface area (TPSA) is 93.5 Å². The molecule has 7 heteroatoms. The second kappa shape index (κ2) is 9.40. The Morgan fingerprint density at radius 3 is 2.31 bits per heavy atom. The van der Waals surface area contributed by atoms with Gasteiger partial charge in [-0.25, -0.2) is 4.98 Å². The molecule has 0 saturated heterocycles. The largest absolute Gasteiger partial charge is 0.493 e. The predicted molar refractivity (Wildman–Crippen MR) is 122 cm³/mol. The number of nitrogens with zero attached hydrogens (tertiary/aromatic N) is 2. The lowest BCUT2D eigenvalue weighted by molar-refractivity contribution is 0.102. The molecule has 0 atom stereocenters. The molecule has 0 unspecified atom stereocenters. The molecule has 0 saturated carbocycles. The summed E-state index contributed by atoms with van der Waals surface area (Å²) in [7, 11) is 4.61. The van der Waals surface area contributed by atoms with Crippen molar-refractivity contribution in [2.24, 2.45) is 0 Å². The van der Waals surface area contributed by atoms with E-state index in [9.17, 15) is 10.1 Å². The average molecular weight is 431 g/mol. The normalized spacial score (nSPS) is 10.8. The number of aromatic nitrogens is 1. The number of benzene rings is 2. The number of nitriles is 1. The van der Waals surface area contributed by atoms with Crippen molar-refractivity contribution in [1.29, 1.82) is 5.26 Å². The lowest BCUT2D eigenvalue weighted by atomic mass is 9.81. The molecule has 3 rings (SSSR count). The van der Waals surface area contributed by atoms with Crippen molar-refractivity contribution in [3.8, 4) is 34.6 Å². The molecule has 0 aliphatic rings. The molecule has 1 N–H and O–H groups in total. The zero-order valence-corrected chi connectivity index (χ0v) is 18.7. The fourth-order valence-electron chi connectivity index (χ4n) is 3.31. The summed E-state index contributed by atoms with van der Waals surface area (Å²) in [6.07, 6.45) is 1.69. The number of nitrogens with one attached hydrogen (secondary N) is 1. The van der Waals surface area contributed by atoms with Crippen LogP contribution in [-0.4, -0.2) is 32.2 Å². The Bertz CT molecular complexity index is 1160. The Kier molecular flexibility index (Phi) is 6.64. The molecule has 0 fully saturated rings. The van der Waals surface area contributed by atoms with Crippen LogP contribution in [0, 0.1) is 11.3 Å². The third kappa shape index (κ3) is 4.65. The van der Waals surface area contributed by atoms with Gasteiger partial charge in [0.2, 0.25) is 5.88 Å². The average Bonchev–Trinajstić information content (AvgIpc) is 2.83. The summed E-state index contributed by atoms with van der Waals surface area (Å²) in [6, 6.07) is 16.4. The number of hydrogen-bond acceptors (Lipinski definition) is 6. The van der Waals surface area contributed by atoms with Gasteiger partial charge in [0.1, 0.15) is 0 Å². The van der Waals surface area contributed by atoms with E-state index in [1.54, 1.807) is 43.6 Å². The van der Waals surface area contributed by atoms with Crippen LogP contribution in [0.25, 0.3) is 11.1 Å². The number of methoxy groups -OCH3 is 3. The molecular weight excluding hydrogens is 406 g/mol. The molecule has 0 aliphatic heterocycles. The number of carbonyl (C=O) groups is 1. The van der Waals surface area contributed by atoms with Gasteiger partial charge in [-0.15, -0.1) is 0 Å². The lowest BCUT2D eigenvalue weighted by Crippen LogP contribution is -2.17. The van der Waals surface area contributed by atoms with Gasteiger partial charge in [-0.05, 0) is 61.4 Å². The minimum atomic E-state index is -0.735. The van der Waals surface area contributed by atoms with Gasteiger partial charge < -0.3 is 19.5 Å². The Balaban J connectivity index is 1.99. The number of hydrogen-bond donors (Lipinski definition) is 1. The molecular formula is C25H25N3O4. The SMILES string of the molecule is COc1ccc(-c2cc(NC(=O)c3ccc(OC)c(OC)c3)ccc2C(C)(C)C#N)cn1. The summed E-state index contributed by atoms with van der Waals surface area (Å²) in [4.78, 5) is 17.1. The molecule has 2 aromatic carbocycles. The van der Waals surface area contributed by atoms with E-state index >= 15 is 0 Å². The van der Waals surface area contributed by atoms with Gasteiger partial charge in [0.05, 0.1) is 32.8 Å². The van der Waals surface area contributed by atoms with Crippen molar-refractivity contribution >= 4 is 11.6 Å². The fourth-order valence-corrected chi connectivity index (χ4v) is 3.31. The maximum absolute atomic E-state index is 12.9. The Morgan fingerprint density at radius 1 is 0.969 bits per heavy atom. The van der Waals surface area contributed by atoms with Crippen molar-refractivity contribution in [3.05, 3.63) is 65.9 Å². The van der Waals surface area contributed by atoms with Crippen LogP contribution in [-0.2, 0) is 5.41 Å². The van der Waals surface area contributed by atoms with Crippen molar-refractivity contribution in [2.75, 3.05) is 26.6 Å². The van der Waals surface area contributed by atoms with Gasteiger partial charge in [0.25, 0.3) is 5.91 Å². The van der Waals surface area contributed by atoms with Gasteiger partial charge in [0.15, 0.2) is 11.5 Å². The molecule has 0 radical (unpaired) electrons. The molecule has 0 aliphatic carbocycles. The van der Waals surface area contributed by atoms with Crippen molar-refractivity contribution in [3.63, 3.8) is 0 Å². The number of carbonyl (C=O) groups excluding carboxylic acids is 1. The van der Waals surface area contributed by atoms with Crippen LogP contribution in [0.4, 0.5) is 5.69 Å². The van der Waals surface area contributed by atoms with Crippen LogP contribution >= 0.6 is 0 Å². The molecule has 3 aromatic rings. The fraction of sp³-hybridized carbons (Fsp3) is 0.240. The van der Waals surface area contributed by atoms with Crippen molar-refractivity contribution in [2.45, 2.75) is 19.3 Å². The number of pyridine rings is 1. The quantitative estimate of drug-likeness (QED) is 0.576. The zero-order chi connectivity index (χ0) is 23.3. The van der Waals surface area contributed by atoms with Crippen molar-refractivity contribution in [1.82, 2.24) is 4.98 Å². The van der Waals surface area contributed by atoms with Crippen LogP contribution in [0.15, 0.2) is 54.7 Å². The maximum atomic E-state index is 12.9. The first kappa shape index (κ1) is 22.6. The van der Waals surface area contributed by atoms with E-state index < -0.39 is 5.41 Å². The minimum absolute atomic E-state index is 0.294. The monoisotopic (exact) mass is 431 g/mol. The molecule has 1 heterocycles. The summed E-state index contributed by atoms with van der Waals surface area (Å²) >= 11 is 0. The highest BCUT2D eigenvalue weighted by molar-refractivity contribution is 6.05. The van der Waals surface area contributed by atoms with Gasteiger partial charge in [0, 0.05) is 29.1 Å². The van der Waals surface area contributed by atoms with E-state index in [2.05, 4.69) is 16.4 Å². The summed E-state index contributed by atoms with van der Waals surface area (Å²) in [5, 5.41) is 12.6. The van der Waals surface area contributed by atoms with E-state index in [1.165, 1.54) is 14.2 Å². The summed E-state index contributed by atoms with van der Waals surface area (Å²) in [6.45, 7) is 3.70. The number of rotatable bonds is 7. The molecule has 0 bridgehead atoms. The second-order valence-corrected chi connectivity index (χ2v) is 7.61. The Hall–Kier alpha value is -4.05. The van der Waals surface area contributed by atoms with E-state index in [0.717, 1.165) is 16.7 Å². The van der Waals surface area contributed by atoms with Gasteiger partial charge in [-0.3, -0.25) is 4.79 Å². The summed E-state index contributed by atoms with van der Waals surface area (Å²) in [5.74, 6) is 1.21. The zero-order valence-electron chi connectivity index (χ0n) is 18.7. The standard InChI is InChI=1S/C25H25N3O4/c1-25(2,15-26)20-9-8-18(13-19(20)17-7-11-23(32-5)27-14-17)28-24(29)16-6-10-21(30-3)22(12-16)31-4/h6-14H,1-5H3,(H,28,29). The summed E-state index contributed by atoms with van der Waals surface area (Å²) in [5.41, 5.74) is 2.73. The smallest absolute Gasteiger partial charge is 0.255 e. The molecule has 164 valence electrons. The van der Waals surface area contributed by atoms with Crippen molar-refractivity contribution < 1.29 is 19.0 Å². The highest BCUT2D eigenvalue weighted by Crippen LogP contribution is 2.35. The van der Waals surface area contributed by atoms with Crippen LogP contribution in [0.3, 0.4) is 0 Å². The van der Waals surface area contributed by atoms with Gasteiger partial charge in [-0.1, -0.05) is 6.07 Å². The molecule has 0 spiro atoms. The lowest BCUT2D eigenvalue weighted by Gasteiger charge is -2.21. The van der Waals surface area contributed by atoms with Gasteiger partial charge in [-0.2, -0.15) is 5.26 Å². The van der Waals surface area contributed by atoms with E-state index in [-0.39, 0.29) is 5.91 Å². The predicted octanol–water partition coefficient (Wildman–Crippen LogP) is 4.83. The molecule has 1 aromatic heterocycles. The highest BCUT2D eigenvalue weighted by Gasteiger charge is 2.24. The summed E-state index contributed by atoms with van der Waals surface area (Å²) < 4.78 is 15.7. The minimum Gasteiger partial charge on any atom is -0.493 e. The highest BCUT2D eigenvalue weighted by atomic mass is 16.5. The third-order valence-electron chi connectivity index (χ3n) is 5.13. The second-order valence-electron chi connectivity index (χ2n) is 7.61. The van der Waals surface area contributed by atoms with Crippen LogP contribution < -0.4 is 19.5 Å². The first-order valence-corrected chi connectivity index (χ1v) is 9.92. The first-order chi connectivity index (χ1) is 15.3. The molecule has 7 nitrogen and oxygen atoms in total. The van der Waals surface area contributed by atoms with Gasteiger partial charge >= 0.3 is 0 Å². The number of anilines is 1.